The quantitative estimate of drug-likeness (QED) is 0.155. The molecule has 0 aliphatic carbocycles. The van der Waals surface area contributed by atoms with Gasteiger partial charge in [-0.15, -0.1) is 22.7 Å². The number of thiophene rings is 2. The summed E-state index contributed by atoms with van der Waals surface area (Å²) in [5.41, 5.74) is 16.9. The van der Waals surface area contributed by atoms with Crippen LogP contribution in [0.25, 0.3) is 57.8 Å². The highest BCUT2D eigenvalue weighted by Crippen LogP contribution is 2.55. The van der Waals surface area contributed by atoms with Crippen LogP contribution in [0.15, 0.2) is 133 Å². The van der Waals surface area contributed by atoms with Crippen molar-refractivity contribution in [1.29, 1.82) is 0 Å². The topological polar surface area (TPSA) is 11.4 Å². The molecule has 3 aromatic heterocycles. The smallest absolute Gasteiger partial charge is 0.264 e. The van der Waals surface area contributed by atoms with Crippen molar-refractivity contribution in [3.63, 3.8) is 0 Å². The van der Waals surface area contributed by atoms with Gasteiger partial charge in [-0.3, -0.25) is 0 Å². The number of anilines is 6. The fraction of sp³-hybridized carbons (Fsp3) is 0.102. The molecule has 0 saturated heterocycles. The molecule has 0 atom stereocenters. The first-order valence-electron chi connectivity index (χ1n) is 19.2. The summed E-state index contributed by atoms with van der Waals surface area (Å²) in [6.45, 7) is 9.37. The van der Waals surface area contributed by atoms with Gasteiger partial charge in [0.2, 0.25) is 0 Å². The molecule has 0 spiro atoms. The normalized spacial score (nSPS) is 14.1. The van der Waals surface area contributed by atoms with Gasteiger partial charge in [-0.25, -0.2) is 0 Å². The number of nitrogens with zero attached hydrogens (tertiary/aromatic N) is 3. The van der Waals surface area contributed by atoms with Crippen molar-refractivity contribution < 1.29 is 0 Å². The Kier molecular flexibility index (Phi) is 5.70. The van der Waals surface area contributed by atoms with E-state index in [0.717, 1.165) is 0 Å². The van der Waals surface area contributed by atoms with E-state index in [4.69, 9.17) is 0 Å². The number of rotatable bonds is 1. The average molecular weight is 740 g/mol. The largest absolute Gasteiger partial charge is 0.309 e. The molecule has 7 aromatic carbocycles. The third-order valence-corrected chi connectivity index (χ3v) is 14.9. The Morgan fingerprint density at radius 2 is 1.20 bits per heavy atom. The lowest BCUT2D eigenvalue weighted by atomic mass is 9.36. The molecule has 10 aromatic rings. The maximum absolute atomic E-state index is 2.66. The minimum Gasteiger partial charge on any atom is -0.309 e. The summed E-state index contributed by atoms with van der Waals surface area (Å²) in [5.74, 6) is 0. The molecule has 6 heteroatoms. The lowest BCUT2D eigenvalue weighted by molar-refractivity contribution is 0.591. The Morgan fingerprint density at radius 1 is 0.527 bits per heavy atom. The van der Waals surface area contributed by atoms with Gasteiger partial charge in [-0.2, -0.15) is 0 Å². The summed E-state index contributed by atoms with van der Waals surface area (Å²) in [7, 11) is 0. The molecule has 0 unspecified atom stereocenters. The van der Waals surface area contributed by atoms with Crippen LogP contribution >= 0.6 is 22.7 Å². The van der Waals surface area contributed by atoms with E-state index in [2.05, 4.69) is 176 Å². The van der Waals surface area contributed by atoms with Crippen LogP contribution in [0.1, 0.15) is 31.9 Å². The Balaban J connectivity index is 1.20. The molecule has 3 aliphatic heterocycles. The molecule has 3 aliphatic rings. The molecule has 6 heterocycles. The predicted molar refractivity (Wildman–Crippen MR) is 240 cm³/mol. The molecule has 0 amide bonds. The third kappa shape index (κ3) is 3.77. The second-order valence-electron chi connectivity index (χ2n) is 16.6. The van der Waals surface area contributed by atoms with Crippen LogP contribution in [0.4, 0.5) is 34.1 Å². The third-order valence-electron chi connectivity index (χ3n) is 12.5. The lowest BCUT2D eigenvalue weighted by Gasteiger charge is -2.45. The van der Waals surface area contributed by atoms with Crippen molar-refractivity contribution in [2.75, 3.05) is 9.80 Å². The summed E-state index contributed by atoms with van der Waals surface area (Å²) in [5, 5.41) is 6.59. The molecule has 0 N–H and O–H groups in total. The van der Waals surface area contributed by atoms with Gasteiger partial charge >= 0.3 is 0 Å². The zero-order valence-corrected chi connectivity index (χ0v) is 32.6. The summed E-state index contributed by atoms with van der Waals surface area (Å²) >= 11 is 3.91. The van der Waals surface area contributed by atoms with Crippen LogP contribution in [0, 0.1) is 6.92 Å². The molecule has 0 radical (unpaired) electrons. The van der Waals surface area contributed by atoms with Gasteiger partial charge in [0.15, 0.2) is 0 Å². The van der Waals surface area contributed by atoms with Gasteiger partial charge in [0.25, 0.3) is 6.71 Å². The fourth-order valence-corrected chi connectivity index (χ4v) is 12.6. The molecule has 55 heavy (non-hydrogen) atoms. The van der Waals surface area contributed by atoms with E-state index in [1.165, 1.54) is 119 Å². The number of aryl methyl sites for hydroxylation is 1. The van der Waals surface area contributed by atoms with E-state index in [0.29, 0.717) is 0 Å². The summed E-state index contributed by atoms with van der Waals surface area (Å²) in [6.07, 6.45) is 0. The van der Waals surface area contributed by atoms with Crippen LogP contribution in [0.5, 0.6) is 0 Å². The maximum Gasteiger partial charge on any atom is 0.264 e. The van der Waals surface area contributed by atoms with E-state index in [1.54, 1.807) is 0 Å². The van der Waals surface area contributed by atoms with Gasteiger partial charge in [0, 0.05) is 52.5 Å². The minimum absolute atomic E-state index is 0.0256. The van der Waals surface area contributed by atoms with Crippen molar-refractivity contribution in [1.82, 2.24) is 4.57 Å². The molecular weight excluding hydrogens is 706 g/mol. The monoisotopic (exact) mass is 739 g/mol. The number of fused-ring (bicyclic) bond motifs is 14. The number of aromatic nitrogens is 1. The Hall–Kier alpha value is -5.82. The van der Waals surface area contributed by atoms with Crippen LogP contribution in [0.3, 0.4) is 0 Å². The first-order chi connectivity index (χ1) is 26.8. The van der Waals surface area contributed by atoms with Crippen LogP contribution in [0.2, 0.25) is 0 Å². The molecule has 13 rings (SSSR count). The van der Waals surface area contributed by atoms with Crippen molar-refractivity contribution in [2.45, 2.75) is 33.1 Å². The Labute approximate surface area is 327 Å². The number of benzene rings is 7. The van der Waals surface area contributed by atoms with E-state index in [9.17, 15) is 0 Å². The average Bonchev–Trinajstić information content (AvgIpc) is 3.87. The second-order valence-corrected chi connectivity index (χ2v) is 18.7. The van der Waals surface area contributed by atoms with Gasteiger partial charge in [-0.1, -0.05) is 99.6 Å². The summed E-state index contributed by atoms with van der Waals surface area (Å²) < 4.78 is 7.96. The molecule has 260 valence electrons. The SMILES string of the molecule is Cc1cc2c3c(c1)N1c4c(cccc4-n4c5ccccc5c5cccc1c54)B3c1sc3ccc(C(C)(C)C)cc3c1N2c1cccc2c1sc1ccccc12. The maximum atomic E-state index is 2.66. The highest BCUT2D eigenvalue weighted by Gasteiger charge is 2.47. The van der Waals surface area contributed by atoms with Crippen LogP contribution in [-0.4, -0.2) is 11.3 Å². The van der Waals surface area contributed by atoms with Gasteiger partial charge < -0.3 is 14.4 Å². The molecule has 3 nitrogen and oxygen atoms in total. The minimum atomic E-state index is 0.0256. The first-order valence-corrected chi connectivity index (χ1v) is 20.9. The van der Waals surface area contributed by atoms with E-state index in [1.807, 2.05) is 22.7 Å². The fourth-order valence-electron chi connectivity index (χ4n) is 10.1. The molecule has 0 fully saturated rings. The Morgan fingerprint density at radius 3 is 2.04 bits per heavy atom. The number of hydrogen-bond acceptors (Lipinski definition) is 4. The predicted octanol–water partition coefficient (Wildman–Crippen LogP) is 12.4. The molecule has 0 bridgehead atoms. The van der Waals surface area contributed by atoms with Crippen molar-refractivity contribution in [3.8, 4) is 5.69 Å². The number of para-hydroxylation sites is 3. The van der Waals surface area contributed by atoms with Gasteiger partial charge in [0.05, 0.1) is 44.2 Å². The lowest BCUT2D eigenvalue weighted by Crippen LogP contribution is -2.61. The van der Waals surface area contributed by atoms with Crippen LogP contribution < -0.4 is 25.5 Å². The summed E-state index contributed by atoms with van der Waals surface area (Å²) in [6, 6.07) is 50.9. The highest BCUT2D eigenvalue weighted by molar-refractivity contribution is 7.34. The standard InChI is InChI=1S/C49H34BN3S2/c1-27-24-39-43-40(25-27)53(38-20-10-15-32-30-13-6-8-21-41(30)54-47(32)38)45-33-26-28(49(2,3)4)22-23-42(33)55-48(45)50(43)34-16-11-19-37-46(34)52(39)36-18-9-14-31-29-12-5-7-17-35(29)51(37)44(31)36/h5-26H,1-4H3. The highest BCUT2D eigenvalue weighted by atomic mass is 32.1. The zero-order chi connectivity index (χ0) is 36.5. The summed E-state index contributed by atoms with van der Waals surface area (Å²) in [4.78, 5) is 5.28. The van der Waals surface area contributed by atoms with E-state index in [-0.39, 0.29) is 12.1 Å². The van der Waals surface area contributed by atoms with E-state index < -0.39 is 0 Å². The van der Waals surface area contributed by atoms with E-state index >= 15 is 0 Å². The number of hydrogen-bond donors (Lipinski definition) is 0. The van der Waals surface area contributed by atoms with Crippen molar-refractivity contribution in [3.05, 3.63) is 145 Å². The second kappa shape index (κ2) is 10.3. The van der Waals surface area contributed by atoms with Crippen LogP contribution in [-0.2, 0) is 5.41 Å². The van der Waals surface area contributed by atoms with Gasteiger partial charge in [-0.05, 0) is 89.0 Å². The zero-order valence-electron chi connectivity index (χ0n) is 30.9. The van der Waals surface area contributed by atoms with Crippen molar-refractivity contribution in [2.24, 2.45) is 0 Å². The molecule has 0 saturated carbocycles. The van der Waals surface area contributed by atoms with Crippen molar-refractivity contribution >= 4 is 131 Å². The van der Waals surface area contributed by atoms with Gasteiger partial charge in [0.1, 0.15) is 0 Å². The Bertz CT molecular complexity index is 3360. The molecular formula is C49H34BN3S2. The first kappa shape index (κ1) is 30.5.